The molecule has 0 aliphatic rings. The molecule has 0 bridgehead atoms. The SMILES string of the molecule is NCC(Cc1ccc(Cl)cc1)Cc1ccccc1Cl. The molecule has 1 atom stereocenters. The molecule has 0 saturated heterocycles. The highest BCUT2D eigenvalue weighted by Gasteiger charge is 2.11. The third-order valence-corrected chi connectivity index (χ3v) is 3.86. The van der Waals surface area contributed by atoms with Gasteiger partial charge in [-0.05, 0) is 54.6 Å². The van der Waals surface area contributed by atoms with Crippen molar-refractivity contribution in [1.29, 1.82) is 0 Å². The van der Waals surface area contributed by atoms with Crippen LogP contribution >= 0.6 is 23.2 Å². The fourth-order valence-corrected chi connectivity index (χ4v) is 2.51. The van der Waals surface area contributed by atoms with E-state index in [0.29, 0.717) is 12.5 Å². The largest absolute Gasteiger partial charge is 0.330 e. The van der Waals surface area contributed by atoms with Gasteiger partial charge in [0.1, 0.15) is 0 Å². The summed E-state index contributed by atoms with van der Waals surface area (Å²) in [6.45, 7) is 0.647. The summed E-state index contributed by atoms with van der Waals surface area (Å²) in [6, 6.07) is 15.9. The van der Waals surface area contributed by atoms with Crippen LogP contribution in [0, 0.1) is 5.92 Å². The van der Waals surface area contributed by atoms with Crippen molar-refractivity contribution in [2.45, 2.75) is 12.8 Å². The molecule has 1 unspecified atom stereocenters. The van der Waals surface area contributed by atoms with E-state index in [2.05, 4.69) is 18.2 Å². The lowest BCUT2D eigenvalue weighted by Crippen LogP contribution is -2.19. The maximum atomic E-state index is 6.19. The van der Waals surface area contributed by atoms with E-state index in [1.54, 1.807) is 0 Å². The predicted molar refractivity (Wildman–Crippen MR) is 82.9 cm³/mol. The zero-order valence-electron chi connectivity index (χ0n) is 10.7. The third kappa shape index (κ3) is 4.24. The van der Waals surface area contributed by atoms with Crippen molar-refractivity contribution in [3.05, 3.63) is 69.7 Å². The van der Waals surface area contributed by atoms with Crippen LogP contribution in [0.4, 0.5) is 0 Å². The van der Waals surface area contributed by atoms with Gasteiger partial charge >= 0.3 is 0 Å². The maximum Gasteiger partial charge on any atom is 0.0438 e. The molecule has 0 heterocycles. The summed E-state index contributed by atoms with van der Waals surface area (Å²) in [7, 11) is 0. The van der Waals surface area contributed by atoms with Crippen molar-refractivity contribution >= 4 is 23.2 Å². The van der Waals surface area contributed by atoms with Crippen molar-refractivity contribution in [1.82, 2.24) is 0 Å². The molecular weight excluding hydrogens is 277 g/mol. The normalized spacial score (nSPS) is 12.4. The lowest BCUT2D eigenvalue weighted by Gasteiger charge is -2.16. The first-order valence-electron chi connectivity index (χ1n) is 6.37. The first-order valence-corrected chi connectivity index (χ1v) is 7.12. The molecule has 1 nitrogen and oxygen atoms in total. The molecule has 2 rings (SSSR count). The Bertz CT molecular complexity index is 523. The number of hydrogen-bond donors (Lipinski definition) is 1. The van der Waals surface area contributed by atoms with Crippen molar-refractivity contribution in [3.63, 3.8) is 0 Å². The smallest absolute Gasteiger partial charge is 0.0438 e. The van der Waals surface area contributed by atoms with E-state index in [1.807, 2.05) is 30.3 Å². The average molecular weight is 294 g/mol. The lowest BCUT2D eigenvalue weighted by molar-refractivity contribution is 0.533. The Kier molecular flexibility index (Phi) is 5.26. The van der Waals surface area contributed by atoms with Crippen molar-refractivity contribution in [3.8, 4) is 0 Å². The minimum absolute atomic E-state index is 0.390. The molecule has 3 heteroatoms. The van der Waals surface area contributed by atoms with E-state index in [1.165, 1.54) is 5.56 Å². The summed E-state index contributed by atoms with van der Waals surface area (Å²) in [4.78, 5) is 0. The Morgan fingerprint density at radius 1 is 0.895 bits per heavy atom. The molecular formula is C16H17Cl2N. The monoisotopic (exact) mass is 293 g/mol. The van der Waals surface area contributed by atoms with Crippen LogP contribution in [-0.4, -0.2) is 6.54 Å². The summed E-state index contributed by atoms with van der Waals surface area (Å²) in [5, 5.41) is 1.58. The number of benzene rings is 2. The quantitative estimate of drug-likeness (QED) is 0.871. The Hall–Kier alpha value is -1.02. The zero-order valence-corrected chi connectivity index (χ0v) is 12.2. The number of hydrogen-bond acceptors (Lipinski definition) is 1. The molecule has 0 aromatic heterocycles. The number of nitrogens with two attached hydrogens (primary N) is 1. The molecule has 0 saturated carbocycles. The predicted octanol–water partition coefficient (Wildman–Crippen LogP) is 4.35. The first-order chi connectivity index (χ1) is 9.19. The lowest BCUT2D eigenvalue weighted by atomic mass is 9.92. The van der Waals surface area contributed by atoms with Crippen LogP contribution in [0.5, 0.6) is 0 Å². The highest BCUT2D eigenvalue weighted by atomic mass is 35.5. The highest BCUT2D eigenvalue weighted by molar-refractivity contribution is 6.31. The van der Waals surface area contributed by atoms with Gasteiger partial charge < -0.3 is 5.73 Å². The van der Waals surface area contributed by atoms with Crippen LogP contribution in [-0.2, 0) is 12.8 Å². The first kappa shape index (κ1) is 14.4. The van der Waals surface area contributed by atoms with E-state index in [-0.39, 0.29) is 0 Å². The second-order valence-electron chi connectivity index (χ2n) is 4.73. The van der Waals surface area contributed by atoms with Gasteiger partial charge in [-0.2, -0.15) is 0 Å². The van der Waals surface area contributed by atoms with Gasteiger partial charge in [0.15, 0.2) is 0 Å². The fraction of sp³-hybridized carbons (Fsp3) is 0.250. The Balaban J connectivity index is 2.05. The number of halogens is 2. The van der Waals surface area contributed by atoms with E-state index >= 15 is 0 Å². The standard InChI is InChI=1S/C16H17Cl2N/c17-15-7-5-12(6-8-15)9-13(11-19)10-14-3-1-2-4-16(14)18/h1-8,13H,9-11,19H2. The topological polar surface area (TPSA) is 26.0 Å². The molecule has 0 spiro atoms. The molecule has 2 aromatic rings. The molecule has 0 fully saturated rings. The van der Waals surface area contributed by atoms with Gasteiger partial charge in [0.2, 0.25) is 0 Å². The van der Waals surface area contributed by atoms with Crippen LogP contribution in [0.2, 0.25) is 10.0 Å². The summed E-state index contributed by atoms with van der Waals surface area (Å²) in [5.74, 6) is 0.390. The summed E-state index contributed by atoms with van der Waals surface area (Å²) < 4.78 is 0. The van der Waals surface area contributed by atoms with Gasteiger partial charge in [-0.25, -0.2) is 0 Å². The van der Waals surface area contributed by atoms with Crippen LogP contribution in [0.15, 0.2) is 48.5 Å². The fourth-order valence-electron chi connectivity index (χ4n) is 2.17. The van der Waals surface area contributed by atoms with Gasteiger partial charge in [-0.3, -0.25) is 0 Å². The minimum atomic E-state index is 0.390. The second kappa shape index (κ2) is 6.95. The van der Waals surface area contributed by atoms with Gasteiger partial charge in [-0.1, -0.05) is 53.5 Å². The molecule has 0 amide bonds. The van der Waals surface area contributed by atoms with E-state index in [9.17, 15) is 0 Å². The van der Waals surface area contributed by atoms with Crippen LogP contribution in [0.25, 0.3) is 0 Å². The van der Waals surface area contributed by atoms with Crippen LogP contribution in [0.3, 0.4) is 0 Å². The van der Waals surface area contributed by atoms with E-state index in [4.69, 9.17) is 28.9 Å². The van der Waals surface area contributed by atoms with E-state index < -0.39 is 0 Å². The minimum Gasteiger partial charge on any atom is -0.330 e. The average Bonchev–Trinajstić information content (AvgIpc) is 2.43. The van der Waals surface area contributed by atoms with Crippen molar-refractivity contribution in [2.24, 2.45) is 11.7 Å². The van der Waals surface area contributed by atoms with Crippen LogP contribution in [0.1, 0.15) is 11.1 Å². The van der Waals surface area contributed by atoms with E-state index in [0.717, 1.165) is 28.5 Å². The zero-order chi connectivity index (χ0) is 13.7. The summed E-state index contributed by atoms with van der Waals surface area (Å²) in [5.41, 5.74) is 8.30. The molecule has 0 aliphatic carbocycles. The van der Waals surface area contributed by atoms with Crippen molar-refractivity contribution < 1.29 is 0 Å². The highest BCUT2D eigenvalue weighted by Crippen LogP contribution is 2.21. The Morgan fingerprint density at radius 2 is 1.58 bits per heavy atom. The molecule has 19 heavy (non-hydrogen) atoms. The second-order valence-corrected chi connectivity index (χ2v) is 5.57. The molecule has 0 aliphatic heterocycles. The van der Waals surface area contributed by atoms with Gasteiger partial charge in [0, 0.05) is 10.0 Å². The molecule has 2 aromatic carbocycles. The Labute approximate surface area is 124 Å². The van der Waals surface area contributed by atoms with Crippen molar-refractivity contribution in [2.75, 3.05) is 6.54 Å². The molecule has 0 radical (unpaired) electrons. The summed E-state index contributed by atoms with van der Waals surface area (Å²) in [6.07, 6.45) is 1.84. The van der Waals surface area contributed by atoms with Gasteiger partial charge in [0.05, 0.1) is 0 Å². The van der Waals surface area contributed by atoms with Gasteiger partial charge in [0.25, 0.3) is 0 Å². The van der Waals surface area contributed by atoms with Crippen LogP contribution < -0.4 is 5.73 Å². The summed E-state index contributed by atoms with van der Waals surface area (Å²) >= 11 is 12.1. The molecule has 2 N–H and O–H groups in total. The van der Waals surface area contributed by atoms with Gasteiger partial charge in [-0.15, -0.1) is 0 Å². The molecule has 100 valence electrons. The Morgan fingerprint density at radius 3 is 2.21 bits per heavy atom. The third-order valence-electron chi connectivity index (χ3n) is 3.24. The number of rotatable bonds is 5. The maximum absolute atomic E-state index is 6.19.